The molecule has 1 aromatic carbocycles. The molecule has 1 aromatic rings. The van der Waals surface area contributed by atoms with E-state index >= 15 is 0 Å². The molecule has 2 rings (SSSR count). The third kappa shape index (κ3) is 2.18. The van der Waals surface area contributed by atoms with Crippen molar-refractivity contribution < 1.29 is 4.79 Å². The van der Waals surface area contributed by atoms with Crippen LogP contribution in [0.3, 0.4) is 0 Å². The molecule has 0 aromatic heterocycles. The molecular weight excluding hydrogens is 196 g/mol. The molecular formula is C15H20O. The van der Waals surface area contributed by atoms with E-state index < -0.39 is 0 Å². The highest BCUT2D eigenvalue weighted by Crippen LogP contribution is 2.45. The van der Waals surface area contributed by atoms with E-state index in [0.29, 0.717) is 5.78 Å². The minimum atomic E-state index is 0.188. The van der Waals surface area contributed by atoms with Crippen LogP contribution in [-0.2, 0) is 11.2 Å². The van der Waals surface area contributed by atoms with Gasteiger partial charge in [0.25, 0.3) is 0 Å². The Labute approximate surface area is 97.9 Å². The summed E-state index contributed by atoms with van der Waals surface area (Å²) in [5.41, 5.74) is 1.55. The topological polar surface area (TPSA) is 17.1 Å². The minimum absolute atomic E-state index is 0.188. The van der Waals surface area contributed by atoms with Crippen molar-refractivity contribution >= 4 is 5.78 Å². The van der Waals surface area contributed by atoms with Gasteiger partial charge in [-0.25, -0.2) is 0 Å². The number of hydrogen-bond donors (Lipinski definition) is 0. The third-order valence-electron chi connectivity index (χ3n) is 4.02. The first-order valence-electron chi connectivity index (χ1n) is 6.16. The van der Waals surface area contributed by atoms with Gasteiger partial charge in [-0.15, -0.1) is 0 Å². The van der Waals surface area contributed by atoms with E-state index in [9.17, 15) is 4.79 Å². The third-order valence-corrected chi connectivity index (χ3v) is 4.02. The van der Waals surface area contributed by atoms with E-state index in [0.717, 1.165) is 12.8 Å². The van der Waals surface area contributed by atoms with Gasteiger partial charge in [0.05, 0.1) is 0 Å². The molecule has 0 heterocycles. The first-order valence-corrected chi connectivity index (χ1v) is 6.16. The van der Waals surface area contributed by atoms with Crippen LogP contribution in [-0.4, -0.2) is 5.78 Å². The van der Waals surface area contributed by atoms with Crippen LogP contribution in [0, 0.1) is 11.3 Å². The van der Waals surface area contributed by atoms with E-state index in [4.69, 9.17) is 0 Å². The second-order valence-electron chi connectivity index (χ2n) is 5.37. The van der Waals surface area contributed by atoms with Crippen LogP contribution < -0.4 is 0 Å². The summed E-state index contributed by atoms with van der Waals surface area (Å²) >= 11 is 0. The van der Waals surface area contributed by atoms with E-state index in [-0.39, 0.29) is 11.3 Å². The number of carbonyl (C=O) groups excluding carboxylic acids is 1. The SMILES string of the molecule is CC(=O)[C@@H]1CCCC1(C)Cc1ccccc1. The predicted molar refractivity (Wildman–Crippen MR) is 66.3 cm³/mol. The fourth-order valence-corrected chi connectivity index (χ4v) is 3.20. The summed E-state index contributed by atoms with van der Waals surface area (Å²) in [5, 5.41) is 0. The standard InChI is InChI=1S/C15H20O/c1-12(16)14-9-6-10-15(14,2)11-13-7-4-3-5-8-13/h3-5,7-8,14H,6,9-11H2,1-2H3/t14-,15?/m0/s1. The Hall–Kier alpha value is -1.11. The van der Waals surface area contributed by atoms with Gasteiger partial charge in [-0.3, -0.25) is 4.79 Å². The van der Waals surface area contributed by atoms with Crippen LogP contribution in [0.2, 0.25) is 0 Å². The van der Waals surface area contributed by atoms with Crippen molar-refractivity contribution in [2.24, 2.45) is 11.3 Å². The lowest BCUT2D eigenvalue weighted by atomic mass is 9.73. The molecule has 1 aliphatic carbocycles. The smallest absolute Gasteiger partial charge is 0.133 e. The summed E-state index contributed by atoms with van der Waals surface area (Å²) in [4.78, 5) is 11.7. The maximum absolute atomic E-state index is 11.7. The summed E-state index contributed by atoms with van der Waals surface area (Å²) in [6.07, 6.45) is 4.51. The summed E-state index contributed by atoms with van der Waals surface area (Å²) < 4.78 is 0. The van der Waals surface area contributed by atoms with Crippen LogP contribution in [0.15, 0.2) is 30.3 Å². The highest BCUT2D eigenvalue weighted by molar-refractivity contribution is 5.79. The van der Waals surface area contributed by atoms with Gasteiger partial charge in [0.1, 0.15) is 5.78 Å². The fourth-order valence-electron chi connectivity index (χ4n) is 3.20. The number of hydrogen-bond acceptors (Lipinski definition) is 1. The highest BCUT2D eigenvalue weighted by Gasteiger charge is 2.40. The van der Waals surface area contributed by atoms with E-state index in [2.05, 4.69) is 31.2 Å². The average Bonchev–Trinajstić information content (AvgIpc) is 2.61. The Bertz CT molecular complexity index is 368. The molecule has 0 saturated heterocycles. The van der Waals surface area contributed by atoms with Gasteiger partial charge >= 0.3 is 0 Å². The molecule has 1 saturated carbocycles. The lowest BCUT2D eigenvalue weighted by Crippen LogP contribution is -2.29. The zero-order chi connectivity index (χ0) is 11.6. The van der Waals surface area contributed by atoms with Crippen LogP contribution in [0.1, 0.15) is 38.7 Å². The molecule has 0 amide bonds. The van der Waals surface area contributed by atoms with Crippen LogP contribution >= 0.6 is 0 Å². The van der Waals surface area contributed by atoms with Crippen molar-refractivity contribution in [3.05, 3.63) is 35.9 Å². The Morgan fingerprint density at radius 2 is 2.06 bits per heavy atom. The van der Waals surface area contributed by atoms with Crippen LogP contribution in [0.5, 0.6) is 0 Å². The molecule has 1 nitrogen and oxygen atoms in total. The van der Waals surface area contributed by atoms with Crippen molar-refractivity contribution in [3.63, 3.8) is 0 Å². The number of rotatable bonds is 3. The number of Topliss-reactive ketones (excluding diaryl/α,β-unsaturated/α-hetero) is 1. The van der Waals surface area contributed by atoms with Crippen molar-refractivity contribution in [1.29, 1.82) is 0 Å². The Balaban J connectivity index is 2.16. The van der Waals surface area contributed by atoms with E-state index in [1.54, 1.807) is 6.92 Å². The zero-order valence-electron chi connectivity index (χ0n) is 10.2. The van der Waals surface area contributed by atoms with Crippen molar-refractivity contribution in [2.45, 2.75) is 39.5 Å². The summed E-state index contributed by atoms with van der Waals surface area (Å²) in [5.74, 6) is 0.642. The van der Waals surface area contributed by atoms with Gasteiger partial charge < -0.3 is 0 Å². The molecule has 0 aliphatic heterocycles. The van der Waals surface area contributed by atoms with E-state index in [1.807, 2.05) is 6.07 Å². The van der Waals surface area contributed by atoms with Gasteiger partial charge in [-0.1, -0.05) is 43.7 Å². The zero-order valence-corrected chi connectivity index (χ0v) is 10.2. The monoisotopic (exact) mass is 216 g/mol. The molecule has 1 aliphatic rings. The summed E-state index contributed by atoms with van der Waals surface area (Å²) in [6, 6.07) is 10.5. The molecule has 16 heavy (non-hydrogen) atoms. The fraction of sp³-hybridized carbons (Fsp3) is 0.533. The quantitative estimate of drug-likeness (QED) is 0.754. The predicted octanol–water partition coefficient (Wildman–Crippen LogP) is 3.62. The Morgan fingerprint density at radius 3 is 2.69 bits per heavy atom. The molecule has 0 bridgehead atoms. The van der Waals surface area contributed by atoms with Crippen molar-refractivity contribution in [2.75, 3.05) is 0 Å². The van der Waals surface area contributed by atoms with Crippen molar-refractivity contribution in [3.8, 4) is 0 Å². The second-order valence-corrected chi connectivity index (χ2v) is 5.37. The lowest BCUT2D eigenvalue weighted by Gasteiger charge is -2.30. The van der Waals surface area contributed by atoms with Gasteiger partial charge in [0.2, 0.25) is 0 Å². The average molecular weight is 216 g/mol. The molecule has 0 N–H and O–H groups in total. The lowest BCUT2D eigenvalue weighted by molar-refractivity contribution is -0.123. The first kappa shape index (κ1) is 11.4. The number of ketones is 1. The van der Waals surface area contributed by atoms with Gasteiger partial charge in [0.15, 0.2) is 0 Å². The molecule has 2 atom stereocenters. The molecule has 1 fully saturated rings. The summed E-state index contributed by atoms with van der Waals surface area (Å²) in [6.45, 7) is 4.03. The van der Waals surface area contributed by atoms with Gasteiger partial charge in [0, 0.05) is 5.92 Å². The minimum Gasteiger partial charge on any atom is -0.300 e. The Kier molecular flexibility index (Phi) is 3.13. The van der Waals surface area contributed by atoms with Crippen LogP contribution in [0.25, 0.3) is 0 Å². The van der Waals surface area contributed by atoms with Gasteiger partial charge in [-0.05, 0) is 37.2 Å². The normalized spacial score (nSPS) is 29.2. The summed E-state index contributed by atoms with van der Waals surface area (Å²) in [7, 11) is 0. The molecule has 1 unspecified atom stereocenters. The number of carbonyl (C=O) groups is 1. The Morgan fingerprint density at radius 1 is 1.38 bits per heavy atom. The largest absolute Gasteiger partial charge is 0.300 e. The molecule has 86 valence electrons. The van der Waals surface area contributed by atoms with E-state index in [1.165, 1.54) is 18.4 Å². The number of benzene rings is 1. The molecule has 0 radical (unpaired) electrons. The first-order chi connectivity index (χ1) is 7.62. The highest BCUT2D eigenvalue weighted by atomic mass is 16.1. The maximum Gasteiger partial charge on any atom is 0.133 e. The molecule has 1 heteroatoms. The van der Waals surface area contributed by atoms with Gasteiger partial charge in [-0.2, -0.15) is 0 Å². The van der Waals surface area contributed by atoms with Crippen molar-refractivity contribution in [1.82, 2.24) is 0 Å². The van der Waals surface area contributed by atoms with Crippen LogP contribution in [0.4, 0.5) is 0 Å². The maximum atomic E-state index is 11.7. The second kappa shape index (κ2) is 4.40. The molecule has 0 spiro atoms.